The van der Waals surface area contributed by atoms with Gasteiger partial charge in [-0.2, -0.15) is 5.10 Å². The fourth-order valence-corrected chi connectivity index (χ4v) is 4.96. The average Bonchev–Trinajstić information content (AvgIpc) is 2.91. The number of piperazine rings is 1. The monoisotopic (exact) mass is 541 g/mol. The van der Waals surface area contributed by atoms with Crippen molar-refractivity contribution in [2.75, 3.05) is 44.0 Å². The third-order valence-electron chi connectivity index (χ3n) is 5.99. The highest BCUT2D eigenvalue weighted by atomic mass is 32.2. The summed E-state index contributed by atoms with van der Waals surface area (Å²) in [5, 5.41) is 12.7. The van der Waals surface area contributed by atoms with Crippen molar-refractivity contribution in [3.63, 3.8) is 0 Å². The molecule has 1 fully saturated rings. The van der Waals surface area contributed by atoms with Crippen LogP contribution in [-0.2, 0) is 11.3 Å². The number of carbonyl (C=O) groups excluding carboxylic acids is 2. The molecule has 2 aromatic carbocycles. The zero-order valence-corrected chi connectivity index (χ0v) is 23.0. The van der Waals surface area contributed by atoms with Crippen LogP contribution in [0, 0.1) is 0 Å². The van der Waals surface area contributed by atoms with Gasteiger partial charge in [0.15, 0.2) is 11.5 Å². The Morgan fingerprint density at radius 2 is 1.97 bits per heavy atom. The molecule has 0 radical (unpaired) electrons. The zero-order chi connectivity index (χ0) is 27.1. The predicted molar refractivity (Wildman–Crippen MR) is 149 cm³/mol. The Morgan fingerprint density at radius 1 is 1.18 bits per heavy atom. The molecule has 2 aliphatic heterocycles. The molecule has 204 valence electrons. The summed E-state index contributed by atoms with van der Waals surface area (Å²) in [6.45, 7) is 8.53. The lowest BCUT2D eigenvalue weighted by molar-refractivity contribution is 0.154. The smallest absolute Gasteiger partial charge is 0.415 e. The number of ether oxygens (including phenoxy) is 3. The summed E-state index contributed by atoms with van der Waals surface area (Å²) in [5.74, 6) is 1.76. The number of anilines is 1. The molecule has 1 atom stereocenters. The van der Waals surface area contributed by atoms with Crippen molar-refractivity contribution in [1.29, 1.82) is 0 Å². The average molecular weight is 542 g/mol. The molecule has 2 aliphatic rings. The molecule has 11 heteroatoms. The number of hydrogen-bond donors (Lipinski definition) is 2. The second kappa shape index (κ2) is 13.0. The summed E-state index contributed by atoms with van der Waals surface area (Å²) in [4.78, 5) is 27.0. The minimum atomic E-state index is -0.404. The summed E-state index contributed by atoms with van der Waals surface area (Å²) in [5.41, 5.74) is 3.27. The van der Waals surface area contributed by atoms with E-state index in [4.69, 9.17) is 14.2 Å². The number of carbonyl (C=O) groups is 2. The van der Waals surface area contributed by atoms with Crippen molar-refractivity contribution in [2.24, 2.45) is 5.10 Å². The lowest BCUT2D eigenvalue weighted by Crippen LogP contribution is -2.59. The minimum Gasteiger partial charge on any atom is -0.493 e. The van der Waals surface area contributed by atoms with E-state index in [1.807, 2.05) is 56.3 Å². The lowest BCUT2D eigenvalue weighted by Gasteiger charge is -2.34. The van der Waals surface area contributed by atoms with E-state index < -0.39 is 6.09 Å². The Balaban J connectivity index is 1.52. The van der Waals surface area contributed by atoms with E-state index >= 15 is 0 Å². The van der Waals surface area contributed by atoms with Crippen molar-refractivity contribution in [3.05, 3.63) is 53.6 Å². The highest BCUT2D eigenvalue weighted by Crippen LogP contribution is 2.31. The molecule has 2 aromatic rings. The lowest BCUT2D eigenvalue weighted by atomic mass is 10.1. The van der Waals surface area contributed by atoms with Crippen LogP contribution < -0.4 is 25.0 Å². The van der Waals surface area contributed by atoms with Gasteiger partial charge in [0.2, 0.25) is 0 Å². The van der Waals surface area contributed by atoms with Gasteiger partial charge in [-0.15, -0.1) is 0 Å². The van der Waals surface area contributed by atoms with Crippen molar-refractivity contribution >= 4 is 34.5 Å². The number of hydrogen-bond acceptors (Lipinski definition) is 9. The molecule has 2 amide bonds. The van der Waals surface area contributed by atoms with E-state index in [1.54, 1.807) is 18.9 Å². The van der Waals surface area contributed by atoms with Gasteiger partial charge >= 0.3 is 11.3 Å². The van der Waals surface area contributed by atoms with E-state index in [2.05, 4.69) is 15.7 Å². The molecule has 10 nitrogen and oxygen atoms in total. The van der Waals surface area contributed by atoms with Crippen molar-refractivity contribution in [3.8, 4) is 11.5 Å². The number of methoxy groups -OCH3 is 1. The molecule has 2 N–H and O–H groups in total. The Morgan fingerprint density at radius 3 is 2.63 bits per heavy atom. The Labute approximate surface area is 227 Å². The highest BCUT2D eigenvalue weighted by Gasteiger charge is 2.28. The molecule has 0 bridgehead atoms. The van der Waals surface area contributed by atoms with E-state index in [1.165, 1.54) is 16.8 Å². The van der Waals surface area contributed by atoms with E-state index in [9.17, 15) is 9.59 Å². The fraction of sp³-hybridized carbons (Fsp3) is 0.444. The molecule has 38 heavy (non-hydrogen) atoms. The van der Waals surface area contributed by atoms with Crippen LogP contribution in [0.4, 0.5) is 15.3 Å². The Kier molecular flexibility index (Phi) is 9.48. The van der Waals surface area contributed by atoms with Crippen LogP contribution in [0.2, 0.25) is 0 Å². The first-order chi connectivity index (χ1) is 18.4. The van der Waals surface area contributed by atoms with Gasteiger partial charge < -0.3 is 19.5 Å². The number of amides is 2. The van der Waals surface area contributed by atoms with Crippen LogP contribution in [0.5, 0.6) is 11.5 Å². The predicted octanol–water partition coefficient (Wildman–Crippen LogP) is 4.04. The maximum Gasteiger partial charge on any atom is 0.415 e. The maximum absolute atomic E-state index is 12.7. The van der Waals surface area contributed by atoms with Gasteiger partial charge in [-0.25, -0.2) is 9.80 Å². The molecule has 0 aromatic heterocycles. The summed E-state index contributed by atoms with van der Waals surface area (Å²) in [7, 11) is 1.61. The second-order valence-electron chi connectivity index (χ2n) is 9.10. The molecule has 0 saturated carbocycles. The van der Waals surface area contributed by atoms with Gasteiger partial charge in [-0.1, -0.05) is 23.9 Å². The molecular formula is C27H35N5O5S. The number of nitrogens with one attached hydrogen (secondary N) is 2. The fourth-order valence-electron chi connectivity index (χ4n) is 4.22. The van der Waals surface area contributed by atoms with Gasteiger partial charge in [0.25, 0.3) is 0 Å². The minimum absolute atomic E-state index is 0.00669. The molecule has 0 spiro atoms. The van der Waals surface area contributed by atoms with Gasteiger partial charge in [0, 0.05) is 36.6 Å². The second-order valence-corrected chi connectivity index (χ2v) is 10.0. The SMILES string of the molecule is CCOC(=O)N(c1ccc(CN2N=C(c3ccc(OC)c(OC(C)C)c3)CSC2=O)cc1)C1CNCCN1. The topological polar surface area (TPSA) is 105 Å². The third-order valence-corrected chi connectivity index (χ3v) is 6.86. The van der Waals surface area contributed by atoms with Gasteiger partial charge in [-0.05, 0) is 56.7 Å². The van der Waals surface area contributed by atoms with Crippen molar-refractivity contribution in [2.45, 2.75) is 39.6 Å². The largest absolute Gasteiger partial charge is 0.493 e. The molecule has 2 heterocycles. The first-order valence-corrected chi connectivity index (χ1v) is 13.7. The number of nitrogens with zero attached hydrogens (tertiary/aromatic N) is 3. The standard InChI is InChI=1S/C27H35N5O5S/c1-5-36-26(33)32(25-15-28-12-13-29-25)21-9-6-19(7-10-21)16-31-27(34)38-17-22(30-31)20-8-11-23(35-4)24(14-20)37-18(2)3/h6-11,14,18,25,28-29H,5,12-13,15-17H2,1-4H3. The number of thioether (sulfide) groups is 1. The van der Waals surface area contributed by atoms with Crippen LogP contribution in [-0.4, -0.2) is 73.4 Å². The van der Waals surface area contributed by atoms with Crippen LogP contribution in [0.3, 0.4) is 0 Å². The summed E-state index contributed by atoms with van der Waals surface area (Å²) >= 11 is 1.21. The molecule has 4 rings (SSSR count). The molecule has 1 saturated heterocycles. The van der Waals surface area contributed by atoms with Crippen LogP contribution in [0.15, 0.2) is 47.6 Å². The van der Waals surface area contributed by atoms with Crippen molar-refractivity contribution < 1.29 is 23.8 Å². The Hall–Kier alpha value is -3.28. The van der Waals surface area contributed by atoms with Crippen LogP contribution in [0.1, 0.15) is 31.9 Å². The van der Waals surface area contributed by atoms with E-state index in [0.717, 1.165) is 29.9 Å². The quantitative estimate of drug-likeness (QED) is 0.490. The zero-order valence-electron chi connectivity index (χ0n) is 22.2. The third kappa shape index (κ3) is 6.77. The molecule has 1 unspecified atom stereocenters. The number of rotatable bonds is 9. The summed E-state index contributed by atoms with van der Waals surface area (Å²) < 4.78 is 16.6. The van der Waals surface area contributed by atoms with Gasteiger partial charge in [-0.3, -0.25) is 15.0 Å². The van der Waals surface area contributed by atoms with Gasteiger partial charge in [0.05, 0.1) is 32.1 Å². The first-order valence-electron chi connectivity index (χ1n) is 12.8. The Bertz CT molecular complexity index is 1150. The first kappa shape index (κ1) is 27.7. The van der Waals surface area contributed by atoms with Crippen LogP contribution in [0.25, 0.3) is 0 Å². The van der Waals surface area contributed by atoms with Crippen molar-refractivity contribution in [1.82, 2.24) is 15.6 Å². The summed E-state index contributed by atoms with van der Waals surface area (Å²) in [6, 6.07) is 13.2. The number of hydrazone groups is 1. The van der Waals surface area contributed by atoms with Gasteiger partial charge in [0.1, 0.15) is 6.17 Å². The molecular weight excluding hydrogens is 506 g/mol. The van der Waals surface area contributed by atoms with E-state index in [0.29, 0.717) is 42.6 Å². The summed E-state index contributed by atoms with van der Waals surface area (Å²) in [6.07, 6.45) is -0.624. The van der Waals surface area contributed by atoms with Crippen LogP contribution >= 0.6 is 11.8 Å². The highest BCUT2D eigenvalue weighted by molar-refractivity contribution is 8.14. The maximum atomic E-state index is 12.7. The van der Waals surface area contributed by atoms with E-state index in [-0.39, 0.29) is 17.5 Å². The number of benzene rings is 2. The normalized spacial score (nSPS) is 17.7. The molecule has 0 aliphatic carbocycles.